The van der Waals surface area contributed by atoms with Crippen LogP contribution in [0.4, 0.5) is 5.69 Å². The molecular formula is C16H22N2O5S. The standard InChI is InChI=1S/C16H22N2O5S/c1-16(2,3)17-14(19)10-23-15(20)12-5-6-13-11(9-12)7-8-18(13)24(4,21)22/h5-6,9H,7-8,10H2,1-4H3,(H,17,19). The molecule has 0 bridgehead atoms. The van der Waals surface area contributed by atoms with E-state index in [4.69, 9.17) is 4.74 Å². The smallest absolute Gasteiger partial charge is 0.338 e. The molecule has 1 aromatic carbocycles. The largest absolute Gasteiger partial charge is 0.452 e. The van der Waals surface area contributed by atoms with Crippen LogP contribution in [0.3, 0.4) is 0 Å². The third-order valence-corrected chi connectivity index (χ3v) is 4.60. The highest BCUT2D eigenvalue weighted by atomic mass is 32.2. The van der Waals surface area contributed by atoms with Crippen LogP contribution in [-0.2, 0) is 26.0 Å². The van der Waals surface area contributed by atoms with E-state index in [0.29, 0.717) is 24.2 Å². The molecule has 1 aliphatic heterocycles. The monoisotopic (exact) mass is 354 g/mol. The van der Waals surface area contributed by atoms with Crippen molar-refractivity contribution < 1.29 is 22.7 Å². The molecule has 24 heavy (non-hydrogen) atoms. The average Bonchev–Trinajstić information content (AvgIpc) is 2.85. The zero-order valence-electron chi connectivity index (χ0n) is 14.3. The molecule has 1 aliphatic rings. The summed E-state index contributed by atoms with van der Waals surface area (Å²) in [5.74, 6) is -0.986. The van der Waals surface area contributed by atoms with Crippen LogP contribution in [-0.4, -0.2) is 45.2 Å². The highest BCUT2D eigenvalue weighted by Gasteiger charge is 2.27. The Bertz CT molecular complexity index is 765. The summed E-state index contributed by atoms with van der Waals surface area (Å²) in [5, 5.41) is 2.70. The molecular weight excluding hydrogens is 332 g/mol. The number of nitrogens with zero attached hydrogens (tertiary/aromatic N) is 1. The predicted octanol–water partition coefficient (Wildman–Crippen LogP) is 1.08. The maximum absolute atomic E-state index is 12.1. The summed E-state index contributed by atoms with van der Waals surface area (Å²) in [7, 11) is -3.32. The molecule has 0 unspecified atom stereocenters. The Morgan fingerprint density at radius 2 is 1.96 bits per heavy atom. The number of amides is 1. The third kappa shape index (κ3) is 4.47. The molecule has 0 aliphatic carbocycles. The second-order valence-corrected chi connectivity index (χ2v) is 8.71. The van der Waals surface area contributed by atoms with Crippen LogP contribution in [0.25, 0.3) is 0 Å². The predicted molar refractivity (Wildman–Crippen MR) is 90.5 cm³/mol. The van der Waals surface area contributed by atoms with Gasteiger partial charge in [0.25, 0.3) is 5.91 Å². The Morgan fingerprint density at radius 3 is 2.54 bits per heavy atom. The number of hydrogen-bond donors (Lipinski definition) is 1. The number of carbonyl (C=O) groups is 2. The van der Waals surface area contributed by atoms with Crippen molar-refractivity contribution in [2.75, 3.05) is 23.7 Å². The lowest BCUT2D eigenvalue weighted by Crippen LogP contribution is -2.42. The molecule has 0 radical (unpaired) electrons. The van der Waals surface area contributed by atoms with Crippen molar-refractivity contribution in [3.05, 3.63) is 29.3 Å². The molecule has 0 fully saturated rings. The van der Waals surface area contributed by atoms with Crippen molar-refractivity contribution >= 4 is 27.6 Å². The summed E-state index contributed by atoms with van der Waals surface area (Å²) in [6, 6.07) is 4.71. The van der Waals surface area contributed by atoms with Crippen molar-refractivity contribution in [1.29, 1.82) is 0 Å². The molecule has 0 saturated carbocycles. The molecule has 1 heterocycles. The van der Waals surface area contributed by atoms with Gasteiger partial charge in [-0.05, 0) is 51.0 Å². The van der Waals surface area contributed by atoms with Crippen LogP contribution in [0, 0.1) is 0 Å². The number of ether oxygens (including phenoxy) is 1. The number of carbonyl (C=O) groups excluding carboxylic acids is 2. The fraction of sp³-hybridized carbons (Fsp3) is 0.500. The van der Waals surface area contributed by atoms with Crippen LogP contribution in [0.15, 0.2) is 18.2 Å². The van der Waals surface area contributed by atoms with Gasteiger partial charge in [0.15, 0.2) is 6.61 Å². The SMILES string of the molecule is CC(C)(C)NC(=O)COC(=O)c1ccc2c(c1)CCN2S(C)(=O)=O. The van der Waals surface area contributed by atoms with Crippen LogP contribution in [0.5, 0.6) is 0 Å². The van der Waals surface area contributed by atoms with Crippen molar-refractivity contribution in [2.45, 2.75) is 32.7 Å². The van der Waals surface area contributed by atoms with Crippen LogP contribution in [0.1, 0.15) is 36.7 Å². The third-order valence-electron chi connectivity index (χ3n) is 3.42. The van der Waals surface area contributed by atoms with Gasteiger partial charge >= 0.3 is 5.97 Å². The van der Waals surface area contributed by atoms with E-state index in [0.717, 1.165) is 11.8 Å². The maximum atomic E-state index is 12.1. The van der Waals surface area contributed by atoms with Gasteiger partial charge in [-0.2, -0.15) is 0 Å². The molecule has 0 saturated heterocycles. The van der Waals surface area contributed by atoms with Crippen LogP contribution >= 0.6 is 0 Å². The highest BCUT2D eigenvalue weighted by molar-refractivity contribution is 7.92. The second kappa shape index (κ2) is 6.43. The molecule has 0 atom stereocenters. The van der Waals surface area contributed by atoms with Gasteiger partial charge in [-0.1, -0.05) is 0 Å². The molecule has 1 amide bonds. The van der Waals surface area contributed by atoms with E-state index in [1.54, 1.807) is 12.1 Å². The molecule has 1 N–H and O–H groups in total. The second-order valence-electron chi connectivity index (χ2n) is 6.80. The van der Waals surface area contributed by atoms with E-state index < -0.39 is 21.5 Å². The average molecular weight is 354 g/mol. The first-order chi connectivity index (χ1) is 11.0. The van der Waals surface area contributed by atoms with Gasteiger partial charge in [0.1, 0.15) is 0 Å². The molecule has 0 aromatic heterocycles. The van der Waals surface area contributed by atoms with Crippen molar-refractivity contribution in [1.82, 2.24) is 5.32 Å². The molecule has 7 nitrogen and oxygen atoms in total. The van der Waals surface area contributed by atoms with E-state index in [9.17, 15) is 18.0 Å². The number of fused-ring (bicyclic) bond motifs is 1. The summed E-state index contributed by atoms with van der Waals surface area (Å²) >= 11 is 0. The summed E-state index contributed by atoms with van der Waals surface area (Å²) in [6.45, 7) is 5.51. The van der Waals surface area contributed by atoms with Crippen molar-refractivity contribution in [3.8, 4) is 0 Å². The lowest BCUT2D eigenvalue weighted by Gasteiger charge is -2.20. The van der Waals surface area contributed by atoms with Gasteiger partial charge in [-0.25, -0.2) is 13.2 Å². The number of benzene rings is 1. The first-order valence-corrected chi connectivity index (χ1v) is 9.41. The van der Waals surface area contributed by atoms with Gasteiger partial charge in [0, 0.05) is 12.1 Å². The Morgan fingerprint density at radius 1 is 1.29 bits per heavy atom. The number of sulfonamides is 1. The molecule has 2 rings (SSSR count). The van der Waals surface area contributed by atoms with Crippen LogP contribution in [0.2, 0.25) is 0 Å². The minimum absolute atomic E-state index is 0.299. The number of hydrogen-bond acceptors (Lipinski definition) is 5. The normalized spacial score (nSPS) is 14.2. The molecule has 132 valence electrons. The van der Waals surface area contributed by atoms with Crippen molar-refractivity contribution in [3.63, 3.8) is 0 Å². The summed E-state index contributed by atoms with van der Waals surface area (Å²) in [6.07, 6.45) is 1.69. The van der Waals surface area contributed by atoms with Gasteiger partial charge in [0.2, 0.25) is 10.0 Å². The van der Waals surface area contributed by atoms with Gasteiger partial charge in [-0.3, -0.25) is 9.10 Å². The van der Waals surface area contributed by atoms with E-state index in [1.807, 2.05) is 20.8 Å². The number of nitrogens with one attached hydrogen (secondary N) is 1. The van der Waals surface area contributed by atoms with Gasteiger partial charge < -0.3 is 10.1 Å². The Labute approximate surface area is 142 Å². The van der Waals surface area contributed by atoms with E-state index in [1.165, 1.54) is 10.4 Å². The van der Waals surface area contributed by atoms with E-state index in [-0.39, 0.29) is 12.5 Å². The molecule has 0 spiro atoms. The minimum Gasteiger partial charge on any atom is -0.452 e. The van der Waals surface area contributed by atoms with Gasteiger partial charge in [0.05, 0.1) is 17.5 Å². The fourth-order valence-electron chi connectivity index (χ4n) is 2.51. The number of rotatable bonds is 4. The first-order valence-electron chi connectivity index (χ1n) is 7.56. The van der Waals surface area contributed by atoms with Crippen molar-refractivity contribution in [2.24, 2.45) is 0 Å². The lowest BCUT2D eigenvalue weighted by molar-refractivity contribution is -0.125. The maximum Gasteiger partial charge on any atom is 0.338 e. The summed E-state index contributed by atoms with van der Waals surface area (Å²) in [5.41, 5.74) is 1.26. The zero-order valence-corrected chi connectivity index (χ0v) is 15.1. The summed E-state index contributed by atoms with van der Waals surface area (Å²) < 4.78 is 29.7. The molecule has 1 aromatic rings. The quantitative estimate of drug-likeness (QED) is 0.817. The Kier molecular flexibility index (Phi) is 4.89. The Balaban J connectivity index is 2.04. The Hall–Kier alpha value is -2.09. The number of esters is 1. The highest BCUT2D eigenvalue weighted by Crippen LogP contribution is 2.30. The van der Waals surface area contributed by atoms with E-state index in [2.05, 4.69) is 5.32 Å². The van der Waals surface area contributed by atoms with Gasteiger partial charge in [-0.15, -0.1) is 0 Å². The van der Waals surface area contributed by atoms with Crippen LogP contribution < -0.4 is 9.62 Å². The zero-order chi connectivity index (χ0) is 18.1. The minimum atomic E-state index is -3.32. The first kappa shape index (κ1) is 18.3. The fourth-order valence-corrected chi connectivity index (χ4v) is 3.47. The molecule has 8 heteroatoms. The lowest BCUT2D eigenvalue weighted by atomic mass is 10.1. The topological polar surface area (TPSA) is 92.8 Å². The number of anilines is 1. The van der Waals surface area contributed by atoms with E-state index >= 15 is 0 Å². The summed E-state index contributed by atoms with van der Waals surface area (Å²) in [4.78, 5) is 23.7.